The fraction of sp³-hybridized carbons (Fsp3) is 0.385. The normalized spacial score (nSPS) is 17.9. The van der Waals surface area contributed by atoms with Crippen LogP contribution in [-0.4, -0.2) is 70.8 Å². The van der Waals surface area contributed by atoms with Crippen molar-refractivity contribution in [3.8, 4) is 6.01 Å². The zero-order chi connectivity index (χ0) is 26.1. The van der Waals surface area contributed by atoms with Crippen molar-refractivity contribution < 1.29 is 18.7 Å². The highest BCUT2D eigenvalue weighted by Gasteiger charge is 2.25. The van der Waals surface area contributed by atoms with E-state index in [4.69, 9.17) is 9.47 Å². The quantitative estimate of drug-likeness (QED) is 0.368. The van der Waals surface area contributed by atoms with Crippen molar-refractivity contribution in [2.45, 2.75) is 32.9 Å². The predicted molar refractivity (Wildman–Crippen MR) is 139 cm³/mol. The topological polar surface area (TPSA) is 106 Å². The summed E-state index contributed by atoms with van der Waals surface area (Å²) in [6, 6.07) is 5.67. The van der Waals surface area contributed by atoms with Gasteiger partial charge in [-0.05, 0) is 32.9 Å². The minimum absolute atomic E-state index is 0.152. The van der Waals surface area contributed by atoms with Crippen LogP contribution in [0.3, 0.4) is 0 Å². The molecule has 0 unspecified atom stereocenters. The zero-order valence-electron chi connectivity index (χ0n) is 21.3. The number of ether oxygens (including phenoxy) is 2. The monoisotopic (exact) mass is 507 g/mol. The first-order valence-electron chi connectivity index (χ1n) is 12.2. The summed E-state index contributed by atoms with van der Waals surface area (Å²) in [5.41, 5.74) is 2.91. The van der Waals surface area contributed by atoms with Gasteiger partial charge in [0.05, 0.1) is 29.1 Å². The number of anilines is 2. The highest BCUT2D eigenvalue weighted by atomic mass is 19.1. The number of halogens is 1. The summed E-state index contributed by atoms with van der Waals surface area (Å²) in [6.45, 7) is 8.34. The predicted octanol–water partition coefficient (Wildman–Crippen LogP) is 3.19. The van der Waals surface area contributed by atoms with E-state index in [1.807, 2.05) is 6.07 Å². The average molecular weight is 508 g/mol. The third-order valence-corrected chi connectivity index (χ3v) is 6.25. The van der Waals surface area contributed by atoms with E-state index >= 15 is 0 Å². The Balaban J connectivity index is 1.53. The second-order valence-electron chi connectivity index (χ2n) is 9.41. The van der Waals surface area contributed by atoms with Crippen LogP contribution in [0, 0.1) is 12.7 Å². The molecule has 37 heavy (non-hydrogen) atoms. The number of nitrogens with one attached hydrogen (secondary N) is 2. The Bertz CT molecular complexity index is 1450. The van der Waals surface area contributed by atoms with Crippen LogP contribution in [0.4, 0.5) is 15.8 Å². The number of carbonyl (C=O) groups is 1. The van der Waals surface area contributed by atoms with Gasteiger partial charge in [0.1, 0.15) is 6.61 Å². The van der Waals surface area contributed by atoms with Crippen LogP contribution >= 0.6 is 0 Å². The number of amides is 1. The first kappa shape index (κ1) is 24.8. The molecule has 0 spiro atoms. The number of benzene rings is 1. The van der Waals surface area contributed by atoms with Crippen LogP contribution in [0.15, 0.2) is 36.8 Å². The standard InChI is InChI=1S/C26H30FN7O3/c1-15-11-33(12-16(2)29-15)22-6-5-19(23-20(22)10-28-26(32-23)37-8-7-36-4)25(35)31-18-9-21(27)24-30-17(3)13-34(24)14-18/h5-6,9-10,13-16,29H,7-8,11-12H2,1-4H3,(H,31,35)/t15-,16-/m0/s1. The molecule has 194 valence electrons. The lowest BCUT2D eigenvalue weighted by Gasteiger charge is -2.38. The Hall–Kier alpha value is -3.83. The van der Waals surface area contributed by atoms with Crippen LogP contribution in [0.5, 0.6) is 6.01 Å². The Morgan fingerprint density at radius 2 is 1.97 bits per heavy atom. The lowest BCUT2D eigenvalue weighted by molar-refractivity contribution is 0.102. The van der Waals surface area contributed by atoms with Crippen molar-refractivity contribution in [3.05, 3.63) is 53.9 Å². The summed E-state index contributed by atoms with van der Waals surface area (Å²) < 4.78 is 26.8. The SMILES string of the molecule is COCCOc1ncc2c(N3C[C@H](C)N[C@@H](C)C3)ccc(C(=O)Nc3cc(F)c4nc(C)cn4c3)c2n1. The van der Waals surface area contributed by atoms with Crippen molar-refractivity contribution in [1.82, 2.24) is 24.7 Å². The Kier molecular flexibility index (Phi) is 6.90. The Morgan fingerprint density at radius 3 is 2.73 bits per heavy atom. The van der Waals surface area contributed by atoms with Crippen LogP contribution in [0.25, 0.3) is 16.6 Å². The molecule has 4 aromatic rings. The van der Waals surface area contributed by atoms with Crippen molar-refractivity contribution >= 4 is 33.8 Å². The molecule has 0 bridgehead atoms. The third kappa shape index (κ3) is 5.18. The number of fused-ring (bicyclic) bond motifs is 2. The average Bonchev–Trinajstić information content (AvgIpc) is 3.23. The van der Waals surface area contributed by atoms with Gasteiger partial charge in [-0.1, -0.05) is 0 Å². The molecule has 1 fully saturated rings. The first-order chi connectivity index (χ1) is 17.8. The maximum absolute atomic E-state index is 14.6. The van der Waals surface area contributed by atoms with Gasteiger partial charge < -0.3 is 29.4 Å². The smallest absolute Gasteiger partial charge is 0.317 e. The molecule has 1 aromatic carbocycles. The second kappa shape index (κ2) is 10.3. The molecule has 11 heteroatoms. The van der Waals surface area contributed by atoms with Crippen molar-refractivity contribution in [1.29, 1.82) is 0 Å². The van der Waals surface area contributed by atoms with Crippen molar-refractivity contribution in [3.63, 3.8) is 0 Å². The molecule has 4 heterocycles. The summed E-state index contributed by atoms with van der Waals surface area (Å²) in [4.78, 5) is 28.9. The highest BCUT2D eigenvalue weighted by molar-refractivity contribution is 6.13. The number of imidazole rings is 1. The number of piperazine rings is 1. The fourth-order valence-electron chi connectivity index (χ4n) is 4.80. The van der Waals surface area contributed by atoms with Crippen LogP contribution in [0.2, 0.25) is 0 Å². The van der Waals surface area contributed by atoms with E-state index in [-0.39, 0.29) is 18.3 Å². The van der Waals surface area contributed by atoms with Gasteiger partial charge in [0.15, 0.2) is 11.5 Å². The van der Waals surface area contributed by atoms with Gasteiger partial charge in [-0.2, -0.15) is 4.98 Å². The lowest BCUT2D eigenvalue weighted by Crippen LogP contribution is -2.54. The largest absolute Gasteiger partial charge is 0.461 e. The minimum atomic E-state index is -0.524. The van der Waals surface area contributed by atoms with Crippen molar-refractivity contribution in [2.24, 2.45) is 0 Å². The number of aryl methyl sites for hydroxylation is 1. The van der Waals surface area contributed by atoms with Gasteiger partial charge in [0.25, 0.3) is 5.91 Å². The van der Waals surface area contributed by atoms with Gasteiger partial charge in [-0.3, -0.25) is 4.79 Å². The van der Waals surface area contributed by atoms with Gasteiger partial charge >= 0.3 is 6.01 Å². The molecule has 0 saturated carbocycles. The van der Waals surface area contributed by atoms with Crippen LogP contribution < -0.4 is 20.3 Å². The minimum Gasteiger partial charge on any atom is -0.461 e. The molecule has 1 amide bonds. The number of hydrogen-bond donors (Lipinski definition) is 2. The molecular weight excluding hydrogens is 477 g/mol. The molecule has 1 saturated heterocycles. The zero-order valence-corrected chi connectivity index (χ0v) is 21.3. The van der Waals surface area contributed by atoms with Crippen molar-refractivity contribution in [2.75, 3.05) is 43.6 Å². The maximum atomic E-state index is 14.6. The summed E-state index contributed by atoms with van der Waals surface area (Å²) in [5, 5.41) is 7.08. The number of rotatable bonds is 7. The number of aromatic nitrogens is 4. The Labute approximate surface area is 213 Å². The molecule has 1 aliphatic heterocycles. The molecule has 2 N–H and O–H groups in total. The number of nitrogens with zero attached hydrogens (tertiary/aromatic N) is 5. The summed E-state index contributed by atoms with van der Waals surface area (Å²) >= 11 is 0. The summed E-state index contributed by atoms with van der Waals surface area (Å²) in [5.74, 6) is -0.945. The van der Waals surface area contributed by atoms with E-state index in [2.05, 4.69) is 44.3 Å². The highest BCUT2D eigenvalue weighted by Crippen LogP contribution is 2.31. The van der Waals surface area contributed by atoms with Crippen LogP contribution in [0.1, 0.15) is 29.9 Å². The maximum Gasteiger partial charge on any atom is 0.317 e. The summed E-state index contributed by atoms with van der Waals surface area (Å²) in [6.07, 6.45) is 5.02. The van der Waals surface area contributed by atoms with E-state index in [1.54, 1.807) is 43.1 Å². The first-order valence-corrected chi connectivity index (χ1v) is 12.2. The number of pyridine rings is 1. The Morgan fingerprint density at radius 1 is 1.19 bits per heavy atom. The van der Waals surface area contributed by atoms with Gasteiger partial charge in [0.2, 0.25) is 0 Å². The summed E-state index contributed by atoms with van der Waals surface area (Å²) in [7, 11) is 1.58. The number of hydrogen-bond acceptors (Lipinski definition) is 8. The lowest BCUT2D eigenvalue weighted by atomic mass is 10.0. The van der Waals surface area contributed by atoms with Gasteiger partial charge in [-0.25, -0.2) is 14.4 Å². The molecule has 1 aliphatic rings. The van der Waals surface area contributed by atoms with E-state index < -0.39 is 11.7 Å². The van der Waals surface area contributed by atoms with E-state index in [1.165, 1.54) is 6.07 Å². The van der Waals surface area contributed by atoms with Gasteiger partial charge in [-0.15, -0.1) is 0 Å². The molecular formula is C26H30FN7O3. The van der Waals surface area contributed by atoms with E-state index in [9.17, 15) is 9.18 Å². The number of methoxy groups -OCH3 is 1. The second-order valence-corrected chi connectivity index (χ2v) is 9.41. The van der Waals surface area contributed by atoms with E-state index in [0.29, 0.717) is 41.2 Å². The van der Waals surface area contributed by atoms with E-state index in [0.717, 1.165) is 24.2 Å². The van der Waals surface area contributed by atoms with Gasteiger partial charge in [0, 0.05) is 68.0 Å². The third-order valence-electron chi connectivity index (χ3n) is 6.25. The molecule has 0 aliphatic carbocycles. The molecule has 10 nitrogen and oxygen atoms in total. The molecule has 2 atom stereocenters. The number of carbonyl (C=O) groups excluding carboxylic acids is 1. The molecule has 3 aromatic heterocycles. The molecule has 5 rings (SSSR count). The van der Waals surface area contributed by atoms with Crippen LogP contribution in [-0.2, 0) is 4.74 Å². The fourth-order valence-corrected chi connectivity index (χ4v) is 4.80. The molecule has 0 radical (unpaired) electrons.